The van der Waals surface area contributed by atoms with Gasteiger partial charge in [0.1, 0.15) is 6.04 Å². The van der Waals surface area contributed by atoms with Gasteiger partial charge in [0.15, 0.2) is 5.69 Å². The molecule has 0 spiro atoms. The maximum Gasteiger partial charge on any atom is 0.278 e. The summed E-state index contributed by atoms with van der Waals surface area (Å²) in [6.45, 7) is 2.11. The minimum absolute atomic E-state index is 0.101. The molecule has 0 aromatic carbocycles. The molecule has 2 heterocycles. The van der Waals surface area contributed by atoms with Crippen molar-refractivity contribution in [1.29, 1.82) is 0 Å². The molecule has 170 valence electrons. The van der Waals surface area contributed by atoms with Crippen LogP contribution in [-0.4, -0.2) is 68.2 Å². The molecule has 0 unspecified atom stereocenters. The second kappa shape index (κ2) is 10.0. The summed E-state index contributed by atoms with van der Waals surface area (Å²) in [5.41, 5.74) is 0.930. The summed E-state index contributed by atoms with van der Waals surface area (Å²) < 4.78 is 1.55. The van der Waals surface area contributed by atoms with Crippen molar-refractivity contribution in [2.75, 3.05) is 13.1 Å². The Balaban J connectivity index is 1.68. The zero-order chi connectivity index (χ0) is 22.5. The van der Waals surface area contributed by atoms with Crippen molar-refractivity contribution < 1.29 is 24.4 Å². The fraction of sp³-hybridized carbons (Fsp3) is 0.667. The van der Waals surface area contributed by atoms with Gasteiger partial charge in [-0.2, -0.15) is 5.10 Å². The highest BCUT2D eigenvalue weighted by Gasteiger charge is 2.39. The molecule has 10 nitrogen and oxygen atoms in total. The van der Waals surface area contributed by atoms with Gasteiger partial charge in [0.2, 0.25) is 18.2 Å². The van der Waals surface area contributed by atoms with Gasteiger partial charge in [-0.25, -0.2) is 5.06 Å². The molecule has 4 amide bonds. The number of amides is 4. The Kier molecular flexibility index (Phi) is 7.42. The molecular formula is C21H31N5O5. The largest absolute Gasteiger partial charge is 0.330 e. The van der Waals surface area contributed by atoms with Gasteiger partial charge in [0.05, 0.1) is 12.5 Å². The lowest BCUT2D eigenvalue weighted by atomic mass is 9.91. The fourth-order valence-electron chi connectivity index (χ4n) is 4.64. The summed E-state index contributed by atoms with van der Waals surface area (Å²) in [4.78, 5) is 50.9. The lowest BCUT2D eigenvalue weighted by Crippen LogP contribution is -2.50. The molecule has 1 saturated carbocycles. The van der Waals surface area contributed by atoms with E-state index in [1.165, 1.54) is 4.90 Å². The highest BCUT2D eigenvalue weighted by molar-refractivity contribution is 6.06. The molecule has 1 aliphatic carbocycles. The van der Waals surface area contributed by atoms with Crippen LogP contribution in [-0.2, 0) is 21.4 Å². The van der Waals surface area contributed by atoms with Crippen LogP contribution in [0.25, 0.3) is 0 Å². The number of aromatic nitrogens is 2. The molecule has 2 atom stereocenters. The number of aryl methyl sites for hydroxylation is 2. The average molecular weight is 434 g/mol. The molecule has 1 aliphatic heterocycles. The normalized spacial score (nSPS) is 20.0. The number of carbonyl (C=O) groups excluding carboxylic acids is 4. The Morgan fingerprint density at radius 2 is 2.00 bits per heavy atom. The topological polar surface area (TPSA) is 125 Å². The zero-order valence-electron chi connectivity index (χ0n) is 18.1. The molecule has 1 aromatic rings. The first-order chi connectivity index (χ1) is 14.8. The van der Waals surface area contributed by atoms with Crippen LogP contribution in [0.3, 0.4) is 0 Å². The van der Waals surface area contributed by atoms with Crippen LogP contribution < -0.4 is 5.32 Å². The highest BCUT2D eigenvalue weighted by atomic mass is 16.5. The van der Waals surface area contributed by atoms with Crippen LogP contribution in [0.1, 0.15) is 61.1 Å². The number of carbonyl (C=O) groups is 4. The first-order valence-corrected chi connectivity index (χ1v) is 10.9. The minimum Gasteiger partial charge on any atom is -0.330 e. The molecule has 10 heteroatoms. The third-order valence-electron chi connectivity index (χ3n) is 6.39. The van der Waals surface area contributed by atoms with E-state index in [4.69, 9.17) is 0 Å². The number of imide groups is 1. The molecular weight excluding hydrogens is 402 g/mol. The highest BCUT2D eigenvalue weighted by Crippen LogP contribution is 2.32. The quantitative estimate of drug-likeness (QED) is 0.273. The second-order valence-electron chi connectivity index (χ2n) is 8.61. The van der Waals surface area contributed by atoms with Crippen LogP contribution in [0.4, 0.5) is 0 Å². The van der Waals surface area contributed by atoms with Crippen molar-refractivity contribution in [1.82, 2.24) is 25.1 Å². The van der Waals surface area contributed by atoms with E-state index in [1.54, 1.807) is 24.7 Å². The summed E-state index contributed by atoms with van der Waals surface area (Å²) >= 11 is 0. The Hall–Kier alpha value is -2.75. The first-order valence-electron chi connectivity index (χ1n) is 10.9. The van der Waals surface area contributed by atoms with Gasteiger partial charge in [-0.1, -0.05) is 25.7 Å². The van der Waals surface area contributed by atoms with Gasteiger partial charge in [-0.15, -0.1) is 0 Å². The smallest absolute Gasteiger partial charge is 0.278 e. The predicted molar refractivity (Wildman–Crippen MR) is 110 cm³/mol. The van der Waals surface area contributed by atoms with Crippen LogP contribution >= 0.6 is 0 Å². The first kappa shape index (κ1) is 22.9. The van der Waals surface area contributed by atoms with Gasteiger partial charge >= 0.3 is 0 Å². The molecule has 3 rings (SSSR count). The minimum atomic E-state index is -0.754. The van der Waals surface area contributed by atoms with Gasteiger partial charge in [-0.3, -0.25) is 34.4 Å². The summed E-state index contributed by atoms with van der Waals surface area (Å²) in [5, 5.41) is 16.6. The number of likely N-dealkylation sites (tertiary alicyclic amines) is 1. The monoisotopic (exact) mass is 433 g/mol. The molecule has 1 saturated heterocycles. The summed E-state index contributed by atoms with van der Waals surface area (Å²) in [6, 6.07) is 0.836. The van der Waals surface area contributed by atoms with Gasteiger partial charge < -0.3 is 4.90 Å². The Morgan fingerprint density at radius 1 is 1.29 bits per heavy atom. The molecule has 2 fully saturated rings. The van der Waals surface area contributed by atoms with Gasteiger partial charge in [0, 0.05) is 19.3 Å². The molecule has 0 radical (unpaired) electrons. The SMILES string of the molecule is Cc1cc(C(=O)NC(=O)[C@@H]2CCCN2C(=O)[C@H](CC2CCCC2)CN(O)C=O)nn1C. The zero-order valence-corrected chi connectivity index (χ0v) is 18.1. The fourth-order valence-corrected chi connectivity index (χ4v) is 4.64. The third kappa shape index (κ3) is 5.49. The number of hydrogen-bond donors (Lipinski definition) is 2. The van der Waals surface area contributed by atoms with Crippen molar-refractivity contribution in [3.63, 3.8) is 0 Å². The van der Waals surface area contributed by atoms with E-state index in [-0.39, 0.29) is 24.6 Å². The molecule has 1 aromatic heterocycles. The number of nitrogens with one attached hydrogen (secondary N) is 1. The molecule has 0 bridgehead atoms. The maximum absolute atomic E-state index is 13.3. The Labute approximate surface area is 181 Å². The van der Waals surface area contributed by atoms with Crippen molar-refractivity contribution in [3.05, 3.63) is 17.5 Å². The van der Waals surface area contributed by atoms with Crippen LogP contribution in [0.5, 0.6) is 0 Å². The van der Waals surface area contributed by atoms with E-state index in [1.807, 2.05) is 0 Å². The number of hydrogen-bond acceptors (Lipinski definition) is 6. The van der Waals surface area contributed by atoms with Crippen LogP contribution in [0.2, 0.25) is 0 Å². The average Bonchev–Trinajstić information content (AvgIpc) is 3.49. The second-order valence-corrected chi connectivity index (χ2v) is 8.61. The van der Waals surface area contributed by atoms with Crippen molar-refractivity contribution in [2.24, 2.45) is 18.9 Å². The van der Waals surface area contributed by atoms with E-state index in [0.29, 0.717) is 36.8 Å². The van der Waals surface area contributed by atoms with Crippen molar-refractivity contribution in [2.45, 2.75) is 57.9 Å². The standard InChI is InChI=1S/C21H31N5O5/c1-14-10-17(23-24(14)2)19(28)22-20(29)18-8-5-9-26(18)21(30)16(12-25(31)13-27)11-15-6-3-4-7-15/h10,13,15-16,18,31H,3-9,11-12H2,1-2H3,(H,22,28,29)/t16-,18+/m1/s1. The molecule has 2 N–H and O–H groups in total. The maximum atomic E-state index is 13.3. The van der Waals surface area contributed by atoms with E-state index < -0.39 is 23.8 Å². The summed E-state index contributed by atoms with van der Waals surface area (Å²) in [7, 11) is 1.71. The van der Waals surface area contributed by atoms with E-state index in [2.05, 4.69) is 10.4 Å². The van der Waals surface area contributed by atoms with E-state index in [9.17, 15) is 24.4 Å². The Morgan fingerprint density at radius 3 is 2.61 bits per heavy atom. The number of hydroxylamine groups is 2. The van der Waals surface area contributed by atoms with E-state index >= 15 is 0 Å². The lowest BCUT2D eigenvalue weighted by Gasteiger charge is -2.30. The van der Waals surface area contributed by atoms with Crippen LogP contribution in [0, 0.1) is 18.8 Å². The Bertz CT molecular complexity index is 813. The molecule has 2 aliphatic rings. The van der Waals surface area contributed by atoms with Crippen molar-refractivity contribution >= 4 is 24.1 Å². The predicted octanol–water partition coefficient (Wildman–Crippen LogP) is 1.02. The summed E-state index contributed by atoms with van der Waals surface area (Å²) in [6.07, 6.45) is 6.25. The third-order valence-corrected chi connectivity index (χ3v) is 6.39. The van der Waals surface area contributed by atoms with Gasteiger partial charge in [0.25, 0.3) is 5.91 Å². The van der Waals surface area contributed by atoms with Crippen LogP contribution in [0.15, 0.2) is 6.07 Å². The van der Waals surface area contributed by atoms with Crippen molar-refractivity contribution in [3.8, 4) is 0 Å². The van der Waals surface area contributed by atoms with E-state index in [0.717, 1.165) is 31.4 Å². The lowest BCUT2D eigenvalue weighted by molar-refractivity contribution is -0.158. The molecule has 31 heavy (non-hydrogen) atoms. The number of rotatable bonds is 8. The summed E-state index contributed by atoms with van der Waals surface area (Å²) in [5.74, 6) is -1.60. The van der Waals surface area contributed by atoms with Gasteiger partial charge in [-0.05, 0) is 38.2 Å². The number of nitrogens with zero attached hydrogens (tertiary/aromatic N) is 4.